The summed E-state index contributed by atoms with van der Waals surface area (Å²) < 4.78 is 15.5. The molecule has 1 unspecified atom stereocenters. The van der Waals surface area contributed by atoms with Crippen molar-refractivity contribution in [1.29, 1.82) is 0 Å². The van der Waals surface area contributed by atoms with Gasteiger partial charge in [-0.05, 0) is 29.8 Å². The van der Waals surface area contributed by atoms with E-state index in [0.717, 1.165) is 5.56 Å². The molecule has 0 fully saturated rings. The zero-order valence-corrected chi connectivity index (χ0v) is 14.7. The van der Waals surface area contributed by atoms with Crippen LogP contribution in [0, 0.1) is 5.92 Å². The van der Waals surface area contributed by atoms with E-state index in [-0.39, 0.29) is 25.2 Å². The summed E-state index contributed by atoms with van der Waals surface area (Å²) in [4.78, 5) is 30.3. The number of fused-ring (bicyclic) bond motifs is 1. The average Bonchev–Trinajstić information content (AvgIpc) is 3.14. The first kappa shape index (κ1) is 17.7. The van der Waals surface area contributed by atoms with Gasteiger partial charge in [-0.15, -0.1) is 0 Å². The molecule has 26 heavy (non-hydrogen) atoms. The van der Waals surface area contributed by atoms with Gasteiger partial charge in [-0.3, -0.25) is 14.6 Å². The van der Waals surface area contributed by atoms with E-state index in [9.17, 15) is 9.59 Å². The summed E-state index contributed by atoms with van der Waals surface area (Å²) in [5.74, 6) is 0.354. The highest BCUT2D eigenvalue weighted by Gasteiger charge is 2.23. The van der Waals surface area contributed by atoms with Crippen molar-refractivity contribution in [3.8, 4) is 11.5 Å². The molecule has 1 aromatic carbocycles. The highest BCUT2D eigenvalue weighted by Crippen LogP contribution is 2.33. The topological polar surface area (TPSA) is 78.0 Å². The van der Waals surface area contributed by atoms with Gasteiger partial charge in [-0.25, -0.2) is 0 Å². The Balaban J connectivity index is 1.82. The number of nitrogens with zero attached hydrogens (tertiary/aromatic N) is 2. The van der Waals surface area contributed by atoms with Gasteiger partial charge in [0.15, 0.2) is 11.5 Å². The van der Waals surface area contributed by atoms with Crippen molar-refractivity contribution >= 4 is 11.9 Å². The first-order valence-corrected chi connectivity index (χ1v) is 8.24. The van der Waals surface area contributed by atoms with Crippen LogP contribution in [-0.2, 0) is 16.1 Å². The number of amides is 1. The fraction of sp³-hybridized carbons (Fsp3) is 0.316. The number of methoxy groups -OCH3 is 1. The molecule has 1 amide bonds. The van der Waals surface area contributed by atoms with E-state index in [1.54, 1.807) is 36.4 Å². The number of carbonyl (C=O) groups is 2. The summed E-state index contributed by atoms with van der Waals surface area (Å²) in [7, 11) is 1.34. The number of esters is 1. The van der Waals surface area contributed by atoms with Gasteiger partial charge in [-0.2, -0.15) is 0 Å². The minimum Gasteiger partial charge on any atom is -0.469 e. The van der Waals surface area contributed by atoms with Crippen LogP contribution in [0.4, 0.5) is 0 Å². The highest BCUT2D eigenvalue weighted by atomic mass is 16.7. The average molecular weight is 356 g/mol. The van der Waals surface area contributed by atoms with Crippen LogP contribution in [0.5, 0.6) is 11.5 Å². The van der Waals surface area contributed by atoms with Crippen LogP contribution < -0.4 is 9.47 Å². The molecule has 0 bridgehead atoms. The van der Waals surface area contributed by atoms with E-state index < -0.39 is 5.92 Å². The molecule has 0 N–H and O–H groups in total. The molecule has 136 valence electrons. The standard InChI is InChI=1S/C19H20N2O5/c1-13(19(23)24-2)10-21(18(22)15-5-7-20-8-6-15)11-14-3-4-16-17(9-14)26-12-25-16/h3-9,13H,10-12H2,1-2H3. The van der Waals surface area contributed by atoms with Gasteiger partial charge in [0.2, 0.25) is 6.79 Å². The zero-order valence-electron chi connectivity index (χ0n) is 14.7. The van der Waals surface area contributed by atoms with E-state index in [1.165, 1.54) is 7.11 Å². The second kappa shape index (κ2) is 7.86. The van der Waals surface area contributed by atoms with Gasteiger partial charge >= 0.3 is 5.97 Å². The third kappa shape index (κ3) is 3.93. The fourth-order valence-electron chi connectivity index (χ4n) is 2.76. The van der Waals surface area contributed by atoms with Gasteiger partial charge in [0, 0.05) is 31.0 Å². The quantitative estimate of drug-likeness (QED) is 0.739. The highest BCUT2D eigenvalue weighted by molar-refractivity contribution is 5.94. The summed E-state index contributed by atoms with van der Waals surface area (Å²) >= 11 is 0. The minimum absolute atomic E-state index is 0.180. The van der Waals surface area contributed by atoms with Crippen molar-refractivity contribution in [3.63, 3.8) is 0 Å². The van der Waals surface area contributed by atoms with Crippen LogP contribution in [0.2, 0.25) is 0 Å². The predicted molar refractivity (Wildman–Crippen MR) is 92.7 cm³/mol. The van der Waals surface area contributed by atoms with Crippen molar-refractivity contribution < 1.29 is 23.8 Å². The Hall–Kier alpha value is -3.09. The molecule has 3 rings (SSSR count). The SMILES string of the molecule is COC(=O)C(C)CN(Cc1ccc2c(c1)OCO2)C(=O)c1ccncc1. The lowest BCUT2D eigenvalue weighted by Crippen LogP contribution is -2.36. The molecule has 1 atom stereocenters. The molecule has 0 radical (unpaired) electrons. The summed E-state index contributed by atoms with van der Waals surface area (Å²) in [6.07, 6.45) is 3.13. The molecule has 7 heteroatoms. The van der Waals surface area contributed by atoms with Gasteiger partial charge < -0.3 is 19.1 Å². The van der Waals surface area contributed by atoms with Crippen LogP contribution in [-0.4, -0.2) is 42.2 Å². The Morgan fingerprint density at radius 1 is 1.19 bits per heavy atom. The number of ether oxygens (including phenoxy) is 3. The minimum atomic E-state index is -0.445. The third-order valence-electron chi connectivity index (χ3n) is 4.12. The number of rotatable bonds is 6. The Labute approximate surface area is 151 Å². The maximum Gasteiger partial charge on any atom is 0.310 e. The lowest BCUT2D eigenvalue weighted by atomic mass is 10.1. The molecule has 1 aromatic heterocycles. The monoisotopic (exact) mass is 356 g/mol. The maximum atomic E-state index is 12.9. The molecule has 0 spiro atoms. The van der Waals surface area contributed by atoms with Crippen LogP contribution in [0.3, 0.4) is 0 Å². The predicted octanol–water partition coefficient (Wildman–Crippen LogP) is 2.26. The number of pyridine rings is 1. The summed E-state index contributed by atoms with van der Waals surface area (Å²) in [5.41, 5.74) is 1.39. The molecule has 7 nitrogen and oxygen atoms in total. The van der Waals surface area contributed by atoms with Crippen molar-refractivity contribution in [2.24, 2.45) is 5.92 Å². The zero-order chi connectivity index (χ0) is 18.5. The molecule has 2 heterocycles. The number of hydrogen-bond donors (Lipinski definition) is 0. The number of carbonyl (C=O) groups excluding carboxylic acids is 2. The lowest BCUT2D eigenvalue weighted by Gasteiger charge is -2.25. The molecule has 2 aromatic rings. The van der Waals surface area contributed by atoms with E-state index in [2.05, 4.69) is 4.98 Å². The molecular weight excluding hydrogens is 336 g/mol. The summed E-state index contributed by atoms with van der Waals surface area (Å²) in [5, 5.41) is 0. The van der Waals surface area contributed by atoms with Gasteiger partial charge in [0.25, 0.3) is 5.91 Å². The molecule has 1 aliphatic rings. The van der Waals surface area contributed by atoms with Crippen LogP contribution in [0.25, 0.3) is 0 Å². The summed E-state index contributed by atoms with van der Waals surface area (Å²) in [6.45, 7) is 2.50. The van der Waals surface area contributed by atoms with Crippen LogP contribution >= 0.6 is 0 Å². The van der Waals surface area contributed by atoms with Crippen molar-refractivity contribution in [3.05, 3.63) is 53.9 Å². The normalized spacial score (nSPS) is 13.2. The first-order valence-electron chi connectivity index (χ1n) is 8.24. The van der Waals surface area contributed by atoms with E-state index in [1.807, 2.05) is 18.2 Å². The molecular formula is C19H20N2O5. The lowest BCUT2D eigenvalue weighted by molar-refractivity contribution is -0.145. The Kier molecular flexibility index (Phi) is 5.36. The Morgan fingerprint density at radius 3 is 2.65 bits per heavy atom. The molecule has 1 aliphatic heterocycles. The van der Waals surface area contributed by atoms with E-state index in [0.29, 0.717) is 23.6 Å². The van der Waals surface area contributed by atoms with Gasteiger partial charge in [0.1, 0.15) is 0 Å². The molecule has 0 saturated carbocycles. The second-order valence-electron chi connectivity index (χ2n) is 6.03. The smallest absolute Gasteiger partial charge is 0.310 e. The van der Waals surface area contributed by atoms with E-state index >= 15 is 0 Å². The third-order valence-corrected chi connectivity index (χ3v) is 4.12. The molecule has 0 aliphatic carbocycles. The van der Waals surface area contributed by atoms with Crippen molar-refractivity contribution in [2.75, 3.05) is 20.4 Å². The number of aromatic nitrogens is 1. The van der Waals surface area contributed by atoms with Crippen LogP contribution in [0.1, 0.15) is 22.8 Å². The van der Waals surface area contributed by atoms with Crippen molar-refractivity contribution in [1.82, 2.24) is 9.88 Å². The number of hydrogen-bond acceptors (Lipinski definition) is 6. The second-order valence-corrected chi connectivity index (χ2v) is 6.03. The molecule has 0 saturated heterocycles. The first-order chi connectivity index (χ1) is 12.6. The largest absolute Gasteiger partial charge is 0.469 e. The maximum absolute atomic E-state index is 12.9. The fourth-order valence-corrected chi connectivity index (χ4v) is 2.76. The number of benzene rings is 1. The Morgan fingerprint density at radius 2 is 1.92 bits per heavy atom. The van der Waals surface area contributed by atoms with Crippen molar-refractivity contribution in [2.45, 2.75) is 13.5 Å². The van der Waals surface area contributed by atoms with E-state index in [4.69, 9.17) is 14.2 Å². The van der Waals surface area contributed by atoms with Crippen LogP contribution in [0.15, 0.2) is 42.7 Å². The summed E-state index contributed by atoms with van der Waals surface area (Å²) in [6, 6.07) is 8.84. The van der Waals surface area contributed by atoms with Gasteiger partial charge in [-0.1, -0.05) is 13.0 Å². The van der Waals surface area contributed by atoms with Gasteiger partial charge in [0.05, 0.1) is 13.0 Å². The Bertz CT molecular complexity index is 794.